The van der Waals surface area contributed by atoms with E-state index in [0.717, 1.165) is 23.9 Å². The van der Waals surface area contributed by atoms with E-state index in [2.05, 4.69) is 5.32 Å². The first-order valence-electron chi connectivity index (χ1n) is 9.99. The van der Waals surface area contributed by atoms with Gasteiger partial charge in [-0.15, -0.1) is 0 Å². The Morgan fingerprint density at radius 1 is 1.13 bits per heavy atom. The van der Waals surface area contributed by atoms with Crippen molar-refractivity contribution in [1.29, 1.82) is 0 Å². The fraction of sp³-hybridized carbons (Fsp3) is 0.304. The van der Waals surface area contributed by atoms with Crippen LogP contribution in [-0.4, -0.2) is 33.3 Å². The van der Waals surface area contributed by atoms with Gasteiger partial charge in [0.05, 0.1) is 28.6 Å². The third kappa shape index (κ3) is 4.15. The Bertz CT molecular complexity index is 1150. The van der Waals surface area contributed by atoms with Crippen LogP contribution in [0.5, 0.6) is 0 Å². The van der Waals surface area contributed by atoms with E-state index in [9.17, 15) is 19.8 Å². The number of carboxylic acids is 1. The summed E-state index contributed by atoms with van der Waals surface area (Å²) in [5, 5.41) is 23.7. The van der Waals surface area contributed by atoms with Gasteiger partial charge in [-0.05, 0) is 48.1 Å². The molecule has 0 spiro atoms. The van der Waals surface area contributed by atoms with Crippen molar-refractivity contribution in [3.05, 3.63) is 69.3 Å². The van der Waals surface area contributed by atoms with Crippen LogP contribution in [0.3, 0.4) is 0 Å². The first-order chi connectivity index (χ1) is 14.8. The molecule has 8 heteroatoms. The maximum absolute atomic E-state index is 12.9. The predicted octanol–water partition coefficient (Wildman–Crippen LogP) is 4.53. The predicted molar refractivity (Wildman–Crippen MR) is 120 cm³/mol. The summed E-state index contributed by atoms with van der Waals surface area (Å²) in [6, 6.07) is 11.5. The summed E-state index contributed by atoms with van der Waals surface area (Å²) >= 11 is 12.4. The van der Waals surface area contributed by atoms with Crippen molar-refractivity contribution in [2.24, 2.45) is 13.0 Å². The number of rotatable bonds is 7. The van der Waals surface area contributed by atoms with Crippen LogP contribution in [-0.2, 0) is 11.8 Å². The fourth-order valence-corrected chi connectivity index (χ4v) is 4.39. The highest BCUT2D eigenvalue weighted by atomic mass is 35.5. The molecular weight excluding hydrogens is 439 g/mol. The number of hydrogen-bond acceptors (Lipinski definition) is 3. The molecule has 1 unspecified atom stereocenters. The number of aromatic nitrogens is 1. The molecule has 1 fully saturated rings. The molecular formula is C23H22Cl2N2O4. The molecule has 3 N–H and O–H groups in total. The smallest absolute Gasteiger partial charge is 0.311 e. The minimum Gasteiger partial charge on any atom is -0.481 e. The van der Waals surface area contributed by atoms with Gasteiger partial charge in [0.1, 0.15) is 5.69 Å². The lowest BCUT2D eigenvalue weighted by atomic mass is 9.92. The van der Waals surface area contributed by atoms with Gasteiger partial charge >= 0.3 is 5.97 Å². The molecule has 0 radical (unpaired) electrons. The third-order valence-electron chi connectivity index (χ3n) is 5.89. The first kappa shape index (κ1) is 21.7. The number of carboxylic acid groups (broad SMARTS) is 1. The van der Waals surface area contributed by atoms with Crippen molar-refractivity contribution in [3.63, 3.8) is 0 Å². The lowest BCUT2D eigenvalue weighted by Crippen LogP contribution is -2.32. The van der Waals surface area contributed by atoms with Crippen LogP contribution in [0.15, 0.2) is 42.5 Å². The van der Waals surface area contributed by atoms with Crippen LogP contribution in [0.4, 0.5) is 0 Å². The van der Waals surface area contributed by atoms with Crippen molar-refractivity contribution < 1.29 is 19.8 Å². The highest BCUT2D eigenvalue weighted by Gasteiger charge is 2.37. The van der Waals surface area contributed by atoms with Crippen LogP contribution in [0.2, 0.25) is 10.0 Å². The summed E-state index contributed by atoms with van der Waals surface area (Å²) in [7, 11) is 1.76. The maximum atomic E-state index is 12.9. The van der Waals surface area contributed by atoms with Gasteiger partial charge < -0.3 is 20.1 Å². The Labute approximate surface area is 189 Å². The molecule has 2 aromatic carbocycles. The molecule has 3 aromatic rings. The Morgan fingerprint density at radius 3 is 2.35 bits per heavy atom. The SMILES string of the molecule is Cn1c(C(=O)N[C@H](CO)c2ccc(C(C(=O)O)C3CC3)cc2)cc2c(Cl)c(Cl)ccc21. The Morgan fingerprint density at radius 2 is 1.77 bits per heavy atom. The second kappa shape index (κ2) is 8.54. The van der Waals surface area contributed by atoms with Gasteiger partial charge in [0, 0.05) is 18.0 Å². The van der Waals surface area contributed by atoms with Crippen molar-refractivity contribution in [1.82, 2.24) is 9.88 Å². The summed E-state index contributed by atoms with van der Waals surface area (Å²) < 4.78 is 1.72. The monoisotopic (exact) mass is 460 g/mol. The van der Waals surface area contributed by atoms with Crippen molar-refractivity contribution in [2.75, 3.05) is 6.61 Å². The number of fused-ring (bicyclic) bond motifs is 1. The van der Waals surface area contributed by atoms with Gasteiger partial charge in [0.25, 0.3) is 5.91 Å². The third-order valence-corrected chi connectivity index (χ3v) is 6.71. The van der Waals surface area contributed by atoms with E-state index in [1.807, 2.05) is 0 Å². The zero-order valence-electron chi connectivity index (χ0n) is 16.8. The van der Waals surface area contributed by atoms with Crippen LogP contribution in [0.25, 0.3) is 10.9 Å². The molecule has 1 aliphatic carbocycles. The van der Waals surface area contributed by atoms with Crippen LogP contribution in [0.1, 0.15) is 46.4 Å². The molecule has 6 nitrogen and oxygen atoms in total. The molecule has 0 bridgehead atoms. The average molecular weight is 461 g/mol. The standard InChI is InChI=1S/C23H22Cl2N2O4/c1-27-18-9-8-16(24)21(25)15(18)10-19(27)22(29)26-17(11-28)12-2-4-13(5-3-12)20(23(30)31)14-6-7-14/h2-5,8-10,14,17,20,28H,6-7,11H2,1H3,(H,26,29)(H,30,31)/t17-,20?/m1/s1. The van der Waals surface area contributed by atoms with Crippen LogP contribution >= 0.6 is 23.2 Å². The number of nitrogens with one attached hydrogen (secondary N) is 1. The summed E-state index contributed by atoms with van der Waals surface area (Å²) in [6.07, 6.45) is 1.85. The van der Waals surface area contributed by atoms with Crippen molar-refractivity contribution in [2.45, 2.75) is 24.8 Å². The number of carbonyl (C=O) groups excluding carboxylic acids is 1. The number of amides is 1. The number of benzene rings is 2. The van der Waals surface area contributed by atoms with Gasteiger partial charge in [-0.25, -0.2) is 0 Å². The van der Waals surface area contributed by atoms with Gasteiger partial charge in [0.15, 0.2) is 0 Å². The summed E-state index contributed by atoms with van der Waals surface area (Å²) in [5.41, 5.74) is 2.58. The highest BCUT2D eigenvalue weighted by Crippen LogP contribution is 2.43. The zero-order chi connectivity index (χ0) is 22.3. The minimum absolute atomic E-state index is 0.184. The number of aliphatic carboxylic acids is 1. The fourth-order valence-electron chi connectivity index (χ4n) is 4.02. The molecule has 1 aliphatic rings. The lowest BCUT2D eigenvalue weighted by Gasteiger charge is -2.18. The number of aliphatic hydroxyl groups is 1. The van der Waals surface area contributed by atoms with Gasteiger partial charge in [-0.2, -0.15) is 0 Å². The topological polar surface area (TPSA) is 91.6 Å². The van der Waals surface area contributed by atoms with E-state index in [1.54, 1.807) is 54.1 Å². The Balaban J connectivity index is 1.56. The molecule has 4 rings (SSSR count). The average Bonchev–Trinajstić information content (AvgIpc) is 3.52. The highest BCUT2D eigenvalue weighted by molar-refractivity contribution is 6.45. The molecule has 0 saturated heterocycles. The van der Waals surface area contributed by atoms with E-state index in [4.69, 9.17) is 23.2 Å². The van der Waals surface area contributed by atoms with Crippen molar-refractivity contribution >= 4 is 46.0 Å². The summed E-state index contributed by atoms with van der Waals surface area (Å²) in [6.45, 7) is -0.299. The number of halogens is 2. The maximum Gasteiger partial charge on any atom is 0.311 e. The number of aryl methyl sites for hydroxylation is 1. The summed E-state index contributed by atoms with van der Waals surface area (Å²) in [5.74, 6) is -1.51. The van der Waals surface area contributed by atoms with E-state index in [0.29, 0.717) is 26.7 Å². The normalized spacial score (nSPS) is 15.6. The quantitative estimate of drug-likeness (QED) is 0.482. The van der Waals surface area contributed by atoms with Crippen molar-refractivity contribution in [3.8, 4) is 0 Å². The molecule has 0 aliphatic heterocycles. The molecule has 1 aromatic heterocycles. The number of nitrogens with zero attached hydrogens (tertiary/aromatic N) is 1. The second-order valence-corrected chi connectivity index (χ2v) is 8.70. The molecule has 1 heterocycles. The second-order valence-electron chi connectivity index (χ2n) is 7.91. The minimum atomic E-state index is -0.822. The molecule has 162 valence electrons. The van der Waals surface area contributed by atoms with Crippen LogP contribution < -0.4 is 5.32 Å². The number of hydrogen-bond donors (Lipinski definition) is 3. The van der Waals surface area contributed by atoms with Gasteiger partial charge in [-0.1, -0.05) is 47.5 Å². The van der Waals surface area contributed by atoms with E-state index in [-0.39, 0.29) is 18.4 Å². The van der Waals surface area contributed by atoms with Gasteiger partial charge in [0.2, 0.25) is 0 Å². The molecule has 1 amide bonds. The first-order valence-corrected chi connectivity index (χ1v) is 10.7. The van der Waals surface area contributed by atoms with Crippen LogP contribution in [0, 0.1) is 5.92 Å². The number of aliphatic hydroxyl groups excluding tert-OH is 1. The molecule has 2 atom stereocenters. The Hall–Kier alpha value is -2.54. The van der Waals surface area contributed by atoms with E-state index < -0.39 is 17.9 Å². The zero-order valence-corrected chi connectivity index (χ0v) is 18.3. The van der Waals surface area contributed by atoms with E-state index >= 15 is 0 Å². The largest absolute Gasteiger partial charge is 0.481 e. The van der Waals surface area contributed by atoms with Gasteiger partial charge in [-0.3, -0.25) is 9.59 Å². The van der Waals surface area contributed by atoms with E-state index in [1.165, 1.54) is 0 Å². The summed E-state index contributed by atoms with van der Waals surface area (Å²) in [4.78, 5) is 24.5. The molecule has 31 heavy (non-hydrogen) atoms. The Kier molecular flexibility index (Phi) is 5.97. The number of carbonyl (C=O) groups is 2. The molecule has 1 saturated carbocycles. The lowest BCUT2D eigenvalue weighted by molar-refractivity contribution is -0.139.